The maximum absolute atomic E-state index is 13.2. The number of methoxy groups -OCH3 is 2. The molecular weight excluding hydrogens is 348 g/mol. The second kappa shape index (κ2) is 7.19. The van der Waals surface area contributed by atoms with E-state index in [-0.39, 0.29) is 17.9 Å². The molecule has 4 atom stereocenters. The first-order chi connectivity index (χ1) is 13.1. The highest BCUT2D eigenvalue weighted by Gasteiger charge is 2.44. The highest BCUT2D eigenvalue weighted by atomic mass is 16.5. The van der Waals surface area contributed by atoms with Crippen LogP contribution in [-0.4, -0.2) is 64.1 Å². The first-order valence-corrected chi connectivity index (χ1v) is 9.14. The third kappa shape index (κ3) is 3.14. The van der Waals surface area contributed by atoms with Crippen molar-refractivity contribution in [1.82, 2.24) is 19.7 Å². The maximum Gasteiger partial charge on any atom is 0.261 e. The SMILES string of the molecule is COc1cccc(OC)c1C(=O)N1C[C@H]2C[C@@H](n3cncn3)[C@H](O)C[C@H]2C1. The summed E-state index contributed by atoms with van der Waals surface area (Å²) in [5.74, 6) is 1.53. The van der Waals surface area contributed by atoms with Gasteiger partial charge in [-0.2, -0.15) is 5.10 Å². The van der Waals surface area contributed by atoms with Crippen molar-refractivity contribution in [3.63, 3.8) is 0 Å². The van der Waals surface area contributed by atoms with Gasteiger partial charge >= 0.3 is 0 Å². The topological polar surface area (TPSA) is 89.7 Å². The number of aliphatic hydroxyl groups is 1. The van der Waals surface area contributed by atoms with Crippen molar-refractivity contribution < 1.29 is 19.4 Å². The second-order valence-corrected chi connectivity index (χ2v) is 7.25. The highest BCUT2D eigenvalue weighted by Crippen LogP contribution is 2.42. The summed E-state index contributed by atoms with van der Waals surface area (Å²) in [4.78, 5) is 19.1. The first-order valence-electron chi connectivity index (χ1n) is 9.14. The number of fused-ring (bicyclic) bond motifs is 1. The van der Waals surface area contributed by atoms with E-state index in [1.807, 2.05) is 4.90 Å². The molecule has 27 heavy (non-hydrogen) atoms. The number of carbonyl (C=O) groups excluding carboxylic acids is 1. The van der Waals surface area contributed by atoms with E-state index >= 15 is 0 Å². The number of hydrogen-bond acceptors (Lipinski definition) is 6. The molecule has 0 spiro atoms. The molecule has 1 aromatic carbocycles. The number of carbonyl (C=O) groups is 1. The minimum atomic E-state index is -0.483. The number of aliphatic hydroxyl groups excluding tert-OH is 1. The Labute approximate surface area is 157 Å². The number of rotatable bonds is 4. The van der Waals surface area contributed by atoms with Crippen LogP contribution >= 0.6 is 0 Å². The monoisotopic (exact) mass is 372 g/mol. The molecule has 2 aliphatic rings. The number of amides is 1. The van der Waals surface area contributed by atoms with E-state index in [2.05, 4.69) is 10.1 Å². The van der Waals surface area contributed by atoms with Crippen LogP contribution in [0.5, 0.6) is 11.5 Å². The molecule has 1 aliphatic carbocycles. The smallest absolute Gasteiger partial charge is 0.261 e. The Balaban J connectivity index is 1.54. The van der Waals surface area contributed by atoms with Gasteiger partial charge in [-0.25, -0.2) is 9.67 Å². The van der Waals surface area contributed by atoms with Crippen LogP contribution in [0.1, 0.15) is 29.2 Å². The molecule has 1 N–H and O–H groups in total. The first kappa shape index (κ1) is 17.8. The summed E-state index contributed by atoms with van der Waals surface area (Å²) in [7, 11) is 3.10. The molecule has 0 bridgehead atoms. The molecule has 8 nitrogen and oxygen atoms in total. The average Bonchev–Trinajstić information content (AvgIpc) is 3.35. The Hall–Kier alpha value is -2.61. The lowest BCUT2D eigenvalue weighted by molar-refractivity contribution is 0.0304. The predicted octanol–water partition coefficient (Wildman–Crippen LogP) is 1.38. The van der Waals surface area contributed by atoms with Gasteiger partial charge in [0.05, 0.1) is 26.4 Å². The van der Waals surface area contributed by atoms with Crippen LogP contribution in [0.15, 0.2) is 30.9 Å². The summed E-state index contributed by atoms with van der Waals surface area (Å²) >= 11 is 0. The fourth-order valence-electron chi connectivity index (χ4n) is 4.47. The third-order valence-electron chi connectivity index (χ3n) is 5.81. The van der Waals surface area contributed by atoms with Crippen LogP contribution < -0.4 is 9.47 Å². The number of hydrogen-bond donors (Lipinski definition) is 1. The zero-order chi connectivity index (χ0) is 19.0. The van der Waals surface area contributed by atoms with Crippen molar-refractivity contribution >= 4 is 5.91 Å². The molecular formula is C19H24N4O4. The van der Waals surface area contributed by atoms with Gasteiger partial charge in [-0.15, -0.1) is 0 Å². The summed E-state index contributed by atoms with van der Waals surface area (Å²) < 4.78 is 12.5. The van der Waals surface area contributed by atoms with E-state index in [0.717, 1.165) is 6.42 Å². The zero-order valence-corrected chi connectivity index (χ0v) is 15.5. The fraction of sp³-hybridized carbons (Fsp3) is 0.526. The summed E-state index contributed by atoms with van der Waals surface area (Å²) in [5, 5.41) is 14.7. The molecule has 1 aliphatic heterocycles. The molecule has 1 saturated carbocycles. The number of aromatic nitrogens is 3. The molecule has 2 heterocycles. The van der Waals surface area contributed by atoms with E-state index in [9.17, 15) is 9.90 Å². The minimum absolute atomic E-state index is 0.0921. The van der Waals surface area contributed by atoms with Gasteiger partial charge in [0, 0.05) is 13.1 Å². The van der Waals surface area contributed by atoms with Crippen LogP contribution in [-0.2, 0) is 0 Å². The molecule has 2 fully saturated rings. The quantitative estimate of drug-likeness (QED) is 0.872. The Morgan fingerprint density at radius 1 is 1.15 bits per heavy atom. The normalized spacial score (nSPS) is 27.3. The molecule has 2 aromatic rings. The van der Waals surface area contributed by atoms with Crippen molar-refractivity contribution in [1.29, 1.82) is 0 Å². The van der Waals surface area contributed by atoms with E-state index in [1.165, 1.54) is 6.33 Å². The fourth-order valence-corrected chi connectivity index (χ4v) is 4.47. The summed E-state index contributed by atoms with van der Waals surface area (Å²) in [6.45, 7) is 1.29. The van der Waals surface area contributed by atoms with Crippen molar-refractivity contribution in [3.8, 4) is 11.5 Å². The second-order valence-electron chi connectivity index (χ2n) is 7.25. The van der Waals surface area contributed by atoms with E-state index in [1.54, 1.807) is 43.4 Å². The largest absolute Gasteiger partial charge is 0.496 e. The van der Waals surface area contributed by atoms with Crippen LogP contribution in [0.2, 0.25) is 0 Å². The Morgan fingerprint density at radius 2 is 1.81 bits per heavy atom. The molecule has 1 saturated heterocycles. The molecule has 8 heteroatoms. The van der Waals surface area contributed by atoms with Crippen molar-refractivity contribution in [2.45, 2.75) is 25.0 Å². The van der Waals surface area contributed by atoms with E-state index in [0.29, 0.717) is 42.5 Å². The summed E-state index contributed by atoms with van der Waals surface area (Å²) in [5.41, 5.74) is 0.453. The van der Waals surface area contributed by atoms with Gasteiger partial charge < -0.3 is 19.5 Å². The van der Waals surface area contributed by atoms with Gasteiger partial charge in [0.2, 0.25) is 0 Å². The minimum Gasteiger partial charge on any atom is -0.496 e. The van der Waals surface area contributed by atoms with Gasteiger partial charge in [0.1, 0.15) is 29.7 Å². The molecule has 1 amide bonds. The van der Waals surface area contributed by atoms with Crippen LogP contribution in [0.4, 0.5) is 0 Å². The van der Waals surface area contributed by atoms with Crippen LogP contribution in [0, 0.1) is 11.8 Å². The van der Waals surface area contributed by atoms with Gasteiger partial charge in [-0.05, 0) is 36.8 Å². The number of nitrogens with zero attached hydrogens (tertiary/aromatic N) is 4. The van der Waals surface area contributed by atoms with Gasteiger partial charge in [-0.1, -0.05) is 6.07 Å². The molecule has 0 radical (unpaired) electrons. The molecule has 1 aromatic heterocycles. The van der Waals surface area contributed by atoms with Gasteiger partial charge in [0.15, 0.2) is 0 Å². The van der Waals surface area contributed by atoms with Crippen LogP contribution in [0.3, 0.4) is 0 Å². The highest BCUT2D eigenvalue weighted by molar-refractivity contribution is 6.00. The third-order valence-corrected chi connectivity index (χ3v) is 5.81. The number of benzene rings is 1. The average molecular weight is 372 g/mol. The van der Waals surface area contributed by atoms with Crippen molar-refractivity contribution in [2.75, 3.05) is 27.3 Å². The summed E-state index contributed by atoms with van der Waals surface area (Å²) in [6, 6.07) is 5.24. The standard InChI is InChI=1S/C19H24N4O4/c1-26-16-4-3-5-17(27-2)18(16)19(25)22-8-12-6-14(23-11-20-10-21-23)15(24)7-13(12)9-22/h3-5,10-15,24H,6-9H2,1-2H3/t12-,13+,14-,15-/m1/s1. The predicted molar refractivity (Wildman–Crippen MR) is 96.7 cm³/mol. The Bertz CT molecular complexity index is 788. The Morgan fingerprint density at radius 3 is 2.41 bits per heavy atom. The van der Waals surface area contributed by atoms with E-state index in [4.69, 9.17) is 9.47 Å². The van der Waals surface area contributed by atoms with Gasteiger partial charge in [-0.3, -0.25) is 4.79 Å². The zero-order valence-electron chi connectivity index (χ0n) is 15.5. The van der Waals surface area contributed by atoms with Gasteiger partial charge in [0.25, 0.3) is 5.91 Å². The number of ether oxygens (including phenoxy) is 2. The molecule has 0 unspecified atom stereocenters. The molecule has 4 rings (SSSR count). The maximum atomic E-state index is 13.2. The van der Waals surface area contributed by atoms with Crippen LogP contribution in [0.25, 0.3) is 0 Å². The van der Waals surface area contributed by atoms with Crippen molar-refractivity contribution in [3.05, 3.63) is 36.4 Å². The lowest BCUT2D eigenvalue weighted by Crippen LogP contribution is -2.36. The summed E-state index contributed by atoms with van der Waals surface area (Å²) in [6.07, 6.45) is 4.08. The number of likely N-dealkylation sites (tertiary alicyclic amines) is 1. The van der Waals surface area contributed by atoms with E-state index < -0.39 is 6.10 Å². The Kier molecular flexibility index (Phi) is 4.73. The molecule has 144 valence electrons. The lowest BCUT2D eigenvalue weighted by Gasteiger charge is -2.34. The lowest BCUT2D eigenvalue weighted by atomic mass is 9.77. The van der Waals surface area contributed by atoms with Crippen molar-refractivity contribution in [2.24, 2.45) is 11.8 Å².